The SMILES string of the molecule is CC(=O)N1CCCN(C(=O)NC(C)CC(=O)O)CC1. The Kier molecular flexibility index (Phi) is 5.59. The molecule has 1 heterocycles. The van der Waals surface area contributed by atoms with Crippen molar-refractivity contribution in [3.05, 3.63) is 0 Å². The van der Waals surface area contributed by atoms with Crippen LogP contribution in [0.2, 0.25) is 0 Å². The molecule has 0 saturated carbocycles. The van der Waals surface area contributed by atoms with Gasteiger partial charge in [0.15, 0.2) is 0 Å². The van der Waals surface area contributed by atoms with Crippen molar-refractivity contribution >= 4 is 17.9 Å². The molecule has 1 aliphatic heterocycles. The van der Waals surface area contributed by atoms with E-state index in [9.17, 15) is 14.4 Å². The summed E-state index contributed by atoms with van der Waals surface area (Å²) < 4.78 is 0. The number of aliphatic carboxylic acids is 1. The maximum Gasteiger partial charge on any atom is 0.317 e. The Bertz CT molecular complexity index is 359. The summed E-state index contributed by atoms with van der Waals surface area (Å²) in [4.78, 5) is 37.1. The lowest BCUT2D eigenvalue weighted by Gasteiger charge is -2.23. The third kappa shape index (κ3) is 5.15. The molecule has 1 fully saturated rings. The van der Waals surface area contributed by atoms with Crippen molar-refractivity contribution in [3.8, 4) is 0 Å². The quantitative estimate of drug-likeness (QED) is 0.762. The molecule has 108 valence electrons. The van der Waals surface area contributed by atoms with Gasteiger partial charge in [0.05, 0.1) is 6.42 Å². The lowest BCUT2D eigenvalue weighted by molar-refractivity contribution is -0.137. The minimum Gasteiger partial charge on any atom is -0.481 e. The predicted octanol–water partition coefficient (Wildman–Crippen LogP) is 0.113. The van der Waals surface area contributed by atoms with E-state index in [-0.39, 0.29) is 18.4 Å². The second kappa shape index (κ2) is 6.96. The van der Waals surface area contributed by atoms with Crippen LogP contribution in [0.25, 0.3) is 0 Å². The zero-order valence-electron chi connectivity index (χ0n) is 11.4. The van der Waals surface area contributed by atoms with Crippen molar-refractivity contribution in [3.63, 3.8) is 0 Å². The first-order chi connectivity index (χ1) is 8.90. The summed E-state index contributed by atoms with van der Waals surface area (Å²) in [6.07, 6.45) is 0.638. The first kappa shape index (κ1) is 15.3. The highest BCUT2D eigenvalue weighted by molar-refractivity contribution is 5.76. The van der Waals surface area contributed by atoms with Crippen molar-refractivity contribution < 1.29 is 19.5 Å². The van der Waals surface area contributed by atoms with Crippen molar-refractivity contribution in [2.24, 2.45) is 0 Å². The van der Waals surface area contributed by atoms with Gasteiger partial charge in [-0.05, 0) is 13.3 Å². The minimum atomic E-state index is -0.938. The third-order valence-electron chi connectivity index (χ3n) is 3.08. The number of urea groups is 1. The van der Waals surface area contributed by atoms with Crippen LogP contribution in [-0.4, -0.2) is 65.0 Å². The molecule has 19 heavy (non-hydrogen) atoms. The lowest BCUT2D eigenvalue weighted by atomic mass is 10.2. The average molecular weight is 271 g/mol. The Labute approximate surface area is 112 Å². The summed E-state index contributed by atoms with van der Waals surface area (Å²) in [5.74, 6) is -0.923. The van der Waals surface area contributed by atoms with Gasteiger partial charge < -0.3 is 20.2 Å². The highest BCUT2D eigenvalue weighted by atomic mass is 16.4. The van der Waals surface area contributed by atoms with Crippen molar-refractivity contribution in [1.82, 2.24) is 15.1 Å². The number of nitrogens with zero attached hydrogens (tertiary/aromatic N) is 2. The summed E-state index contributed by atoms with van der Waals surface area (Å²) >= 11 is 0. The first-order valence-electron chi connectivity index (χ1n) is 6.43. The Morgan fingerprint density at radius 3 is 2.32 bits per heavy atom. The van der Waals surface area contributed by atoms with Gasteiger partial charge in [0.1, 0.15) is 0 Å². The lowest BCUT2D eigenvalue weighted by Crippen LogP contribution is -2.46. The number of amides is 3. The zero-order valence-corrected chi connectivity index (χ0v) is 11.4. The Hall–Kier alpha value is -1.79. The summed E-state index contributed by atoms with van der Waals surface area (Å²) in [5, 5.41) is 11.3. The Morgan fingerprint density at radius 2 is 1.74 bits per heavy atom. The van der Waals surface area contributed by atoms with Crippen LogP contribution in [-0.2, 0) is 9.59 Å². The fourth-order valence-electron chi connectivity index (χ4n) is 2.05. The van der Waals surface area contributed by atoms with Gasteiger partial charge in [-0.3, -0.25) is 9.59 Å². The van der Waals surface area contributed by atoms with E-state index in [4.69, 9.17) is 5.11 Å². The maximum absolute atomic E-state index is 11.9. The molecule has 0 aliphatic carbocycles. The van der Waals surface area contributed by atoms with E-state index in [0.29, 0.717) is 26.2 Å². The second-order valence-corrected chi connectivity index (χ2v) is 4.80. The normalized spacial score (nSPS) is 17.6. The van der Waals surface area contributed by atoms with Crippen molar-refractivity contribution in [2.75, 3.05) is 26.2 Å². The Balaban J connectivity index is 2.44. The molecule has 1 aliphatic rings. The standard InChI is InChI=1S/C12H21N3O4/c1-9(8-11(17)18)13-12(19)15-5-3-4-14(6-7-15)10(2)16/h9H,3-8H2,1-2H3,(H,13,19)(H,17,18). The van der Waals surface area contributed by atoms with E-state index in [1.807, 2.05) is 0 Å². The highest BCUT2D eigenvalue weighted by Gasteiger charge is 2.21. The van der Waals surface area contributed by atoms with E-state index in [1.54, 1.807) is 16.7 Å². The molecule has 0 radical (unpaired) electrons. The number of hydrogen-bond donors (Lipinski definition) is 2. The van der Waals surface area contributed by atoms with Crippen molar-refractivity contribution in [2.45, 2.75) is 32.7 Å². The number of carboxylic acid groups (broad SMARTS) is 1. The van der Waals surface area contributed by atoms with Crippen LogP contribution in [0.4, 0.5) is 4.79 Å². The molecule has 1 rings (SSSR count). The molecule has 0 aromatic rings. The molecule has 0 spiro atoms. The van der Waals surface area contributed by atoms with Gasteiger partial charge >= 0.3 is 12.0 Å². The fourth-order valence-corrected chi connectivity index (χ4v) is 2.05. The van der Waals surface area contributed by atoms with Crippen LogP contribution < -0.4 is 5.32 Å². The smallest absolute Gasteiger partial charge is 0.317 e. The van der Waals surface area contributed by atoms with Gasteiger partial charge in [0.25, 0.3) is 0 Å². The second-order valence-electron chi connectivity index (χ2n) is 4.80. The van der Waals surface area contributed by atoms with Crippen LogP contribution in [0.3, 0.4) is 0 Å². The maximum atomic E-state index is 11.9. The number of carbonyl (C=O) groups excluding carboxylic acids is 2. The summed E-state index contributed by atoms with van der Waals surface area (Å²) in [7, 11) is 0. The molecular weight excluding hydrogens is 250 g/mol. The number of rotatable bonds is 3. The summed E-state index contributed by atoms with van der Waals surface area (Å²) in [6.45, 7) is 5.41. The topological polar surface area (TPSA) is 90.0 Å². The van der Waals surface area contributed by atoms with E-state index < -0.39 is 12.0 Å². The minimum absolute atomic E-state index is 0.0153. The van der Waals surface area contributed by atoms with Crippen LogP contribution >= 0.6 is 0 Å². The van der Waals surface area contributed by atoms with Crippen LogP contribution in [0.15, 0.2) is 0 Å². The summed E-state index contributed by atoms with van der Waals surface area (Å²) in [6, 6.07) is -0.670. The van der Waals surface area contributed by atoms with Gasteiger partial charge in [0.2, 0.25) is 5.91 Å². The van der Waals surface area contributed by atoms with Crippen LogP contribution in [0.1, 0.15) is 26.7 Å². The van der Waals surface area contributed by atoms with Crippen LogP contribution in [0.5, 0.6) is 0 Å². The molecule has 2 N–H and O–H groups in total. The van der Waals surface area contributed by atoms with Crippen molar-refractivity contribution in [1.29, 1.82) is 0 Å². The van der Waals surface area contributed by atoms with E-state index in [2.05, 4.69) is 5.32 Å². The molecule has 3 amide bonds. The van der Waals surface area contributed by atoms with E-state index in [1.165, 1.54) is 6.92 Å². The van der Waals surface area contributed by atoms with E-state index in [0.717, 1.165) is 6.42 Å². The summed E-state index contributed by atoms with van der Waals surface area (Å²) in [5.41, 5.74) is 0. The van der Waals surface area contributed by atoms with Crippen LogP contribution in [0, 0.1) is 0 Å². The van der Waals surface area contributed by atoms with Gasteiger partial charge in [0, 0.05) is 39.1 Å². The molecule has 1 unspecified atom stereocenters. The Morgan fingerprint density at radius 1 is 1.16 bits per heavy atom. The molecule has 0 aromatic carbocycles. The molecule has 0 aromatic heterocycles. The van der Waals surface area contributed by atoms with E-state index >= 15 is 0 Å². The number of hydrogen-bond acceptors (Lipinski definition) is 3. The zero-order chi connectivity index (χ0) is 14.4. The number of carboxylic acids is 1. The average Bonchev–Trinajstić information content (AvgIpc) is 2.52. The molecule has 0 bridgehead atoms. The number of nitrogens with one attached hydrogen (secondary N) is 1. The third-order valence-corrected chi connectivity index (χ3v) is 3.08. The van der Waals surface area contributed by atoms with Gasteiger partial charge in [-0.2, -0.15) is 0 Å². The molecule has 1 atom stereocenters. The first-order valence-corrected chi connectivity index (χ1v) is 6.43. The molecule has 1 saturated heterocycles. The molecule has 7 nitrogen and oxygen atoms in total. The largest absolute Gasteiger partial charge is 0.481 e. The monoisotopic (exact) mass is 271 g/mol. The van der Waals surface area contributed by atoms with Gasteiger partial charge in [-0.25, -0.2) is 4.79 Å². The van der Waals surface area contributed by atoms with Gasteiger partial charge in [-0.1, -0.05) is 0 Å². The fraction of sp³-hybridized carbons (Fsp3) is 0.750. The number of carbonyl (C=O) groups is 3. The highest BCUT2D eigenvalue weighted by Crippen LogP contribution is 2.04. The van der Waals surface area contributed by atoms with Gasteiger partial charge in [-0.15, -0.1) is 0 Å². The predicted molar refractivity (Wildman–Crippen MR) is 68.7 cm³/mol. The molecule has 7 heteroatoms. The molecular formula is C12H21N3O4.